The summed E-state index contributed by atoms with van der Waals surface area (Å²) >= 11 is 0.964. The Labute approximate surface area is 159 Å². The Balaban J connectivity index is 1.37. The molecule has 146 valence electrons. The Hall–Kier alpha value is -2.36. The van der Waals surface area contributed by atoms with Crippen LogP contribution in [0, 0.1) is 17.8 Å². The summed E-state index contributed by atoms with van der Waals surface area (Å²) in [5, 5.41) is 4.43. The normalized spacial score (nSPS) is 27.3. The van der Waals surface area contributed by atoms with E-state index in [1.165, 1.54) is 10.3 Å². The van der Waals surface area contributed by atoms with E-state index in [0.717, 1.165) is 30.6 Å². The third kappa shape index (κ3) is 3.33. The Morgan fingerprint density at radius 3 is 2.70 bits per heavy atom. The van der Waals surface area contributed by atoms with Gasteiger partial charge in [-0.05, 0) is 18.8 Å². The first kappa shape index (κ1) is 18.0. The van der Waals surface area contributed by atoms with Gasteiger partial charge in [-0.3, -0.25) is 14.4 Å². The highest BCUT2D eigenvalue weighted by Gasteiger charge is 2.48. The molecule has 1 aromatic rings. The van der Waals surface area contributed by atoms with Gasteiger partial charge in [-0.1, -0.05) is 17.8 Å². The lowest BCUT2D eigenvalue weighted by Gasteiger charge is -2.40. The van der Waals surface area contributed by atoms with Crippen molar-refractivity contribution in [1.29, 1.82) is 0 Å². The molecule has 3 atom stereocenters. The van der Waals surface area contributed by atoms with E-state index in [1.807, 2.05) is 4.90 Å². The molecule has 2 aliphatic heterocycles. The fourth-order valence-electron chi connectivity index (χ4n) is 4.64. The number of nitrogens with two attached hydrogens (primary N) is 1. The second-order valence-electron chi connectivity index (χ2n) is 7.62. The van der Waals surface area contributed by atoms with Gasteiger partial charge in [-0.25, -0.2) is 4.79 Å². The van der Waals surface area contributed by atoms with Crippen LogP contribution in [-0.2, 0) is 4.79 Å². The number of hydrogen-bond donors (Lipinski definition) is 3. The maximum atomic E-state index is 12.9. The predicted octanol–water partition coefficient (Wildman–Crippen LogP) is -0.196. The lowest BCUT2D eigenvalue weighted by Crippen LogP contribution is -2.58. The number of rotatable bonds is 4. The summed E-state index contributed by atoms with van der Waals surface area (Å²) in [6.45, 7) is 2.00. The number of primary amides is 1. The molecule has 0 spiro atoms. The van der Waals surface area contributed by atoms with Gasteiger partial charge in [-0.15, -0.1) is 0 Å². The van der Waals surface area contributed by atoms with Gasteiger partial charge in [0.2, 0.25) is 5.91 Å². The Morgan fingerprint density at radius 2 is 2.04 bits per heavy atom. The quantitative estimate of drug-likeness (QED) is 0.654. The summed E-state index contributed by atoms with van der Waals surface area (Å²) in [5.74, 6) is 0.252. The van der Waals surface area contributed by atoms with Crippen LogP contribution in [0.1, 0.15) is 29.8 Å². The Bertz CT molecular complexity index is 814. The van der Waals surface area contributed by atoms with Crippen LogP contribution >= 0.6 is 11.3 Å². The van der Waals surface area contributed by atoms with Gasteiger partial charge in [0.05, 0.1) is 5.92 Å². The lowest BCUT2D eigenvalue weighted by atomic mass is 9.79. The van der Waals surface area contributed by atoms with Crippen molar-refractivity contribution in [1.82, 2.24) is 20.1 Å². The molecule has 9 nitrogen and oxygen atoms in total. The number of nitrogens with zero attached hydrogens (tertiary/aromatic N) is 2. The second-order valence-corrected chi connectivity index (χ2v) is 8.47. The largest absolute Gasteiger partial charge is 0.351 e. The highest BCUT2D eigenvalue weighted by Crippen LogP contribution is 2.41. The third-order valence-corrected chi connectivity index (χ3v) is 6.76. The third-order valence-electron chi connectivity index (χ3n) is 6.10. The van der Waals surface area contributed by atoms with Crippen LogP contribution in [-0.4, -0.2) is 64.9 Å². The molecule has 0 aromatic carbocycles. The number of hydrogen-bond acceptors (Lipinski definition) is 5. The highest BCUT2D eigenvalue weighted by molar-refractivity contribution is 7.07. The van der Waals surface area contributed by atoms with Gasteiger partial charge >= 0.3 is 10.9 Å². The summed E-state index contributed by atoms with van der Waals surface area (Å²) in [7, 11) is 0. The number of H-pyrrole nitrogens is 1. The monoisotopic (exact) mass is 393 g/mol. The first-order valence-corrected chi connectivity index (χ1v) is 10.1. The molecule has 3 fully saturated rings. The Kier molecular flexibility index (Phi) is 4.67. The van der Waals surface area contributed by atoms with E-state index in [9.17, 15) is 19.2 Å². The Morgan fingerprint density at radius 1 is 1.26 bits per heavy atom. The number of urea groups is 1. The fraction of sp³-hybridized carbons (Fsp3) is 0.647. The predicted molar refractivity (Wildman–Crippen MR) is 98.3 cm³/mol. The van der Waals surface area contributed by atoms with Crippen LogP contribution in [0.25, 0.3) is 0 Å². The number of thiazole rings is 1. The number of nitrogens with one attached hydrogen (secondary N) is 2. The van der Waals surface area contributed by atoms with Crippen LogP contribution < -0.4 is 15.9 Å². The van der Waals surface area contributed by atoms with Gasteiger partial charge in [0, 0.05) is 43.5 Å². The molecule has 4 rings (SSSR count). The summed E-state index contributed by atoms with van der Waals surface area (Å²) in [6.07, 6.45) is 3.07. The van der Waals surface area contributed by atoms with Gasteiger partial charge in [0.25, 0.3) is 5.91 Å². The van der Waals surface area contributed by atoms with Crippen LogP contribution in [0.4, 0.5) is 4.79 Å². The zero-order valence-electron chi connectivity index (χ0n) is 14.8. The van der Waals surface area contributed by atoms with Crippen LogP contribution in [0.2, 0.25) is 0 Å². The van der Waals surface area contributed by atoms with Gasteiger partial charge in [0.15, 0.2) is 0 Å². The second kappa shape index (κ2) is 6.99. The molecule has 3 aliphatic rings. The van der Waals surface area contributed by atoms with Crippen molar-refractivity contribution in [2.75, 3.05) is 26.2 Å². The summed E-state index contributed by atoms with van der Waals surface area (Å²) in [4.78, 5) is 53.1. The van der Waals surface area contributed by atoms with E-state index < -0.39 is 6.03 Å². The van der Waals surface area contributed by atoms with E-state index >= 15 is 0 Å². The molecule has 2 bridgehead atoms. The van der Waals surface area contributed by atoms with Crippen molar-refractivity contribution >= 4 is 29.2 Å². The molecule has 3 unspecified atom stereocenters. The molecule has 3 heterocycles. The van der Waals surface area contributed by atoms with E-state index in [4.69, 9.17) is 5.73 Å². The van der Waals surface area contributed by atoms with E-state index in [-0.39, 0.29) is 40.3 Å². The van der Waals surface area contributed by atoms with E-state index in [1.54, 1.807) is 0 Å². The molecular weight excluding hydrogens is 370 g/mol. The number of aromatic nitrogens is 1. The summed E-state index contributed by atoms with van der Waals surface area (Å²) < 4.78 is 0. The average molecular weight is 393 g/mol. The van der Waals surface area contributed by atoms with Gasteiger partial charge in [-0.2, -0.15) is 0 Å². The maximum absolute atomic E-state index is 12.9. The zero-order valence-corrected chi connectivity index (χ0v) is 15.7. The molecule has 1 aliphatic carbocycles. The molecule has 2 saturated heterocycles. The van der Waals surface area contributed by atoms with E-state index in [0.29, 0.717) is 32.1 Å². The van der Waals surface area contributed by atoms with Crippen molar-refractivity contribution in [3.63, 3.8) is 0 Å². The van der Waals surface area contributed by atoms with Crippen molar-refractivity contribution in [2.45, 2.75) is 25.3 Å². The van der Waals surface area contributed by atoms with Crippen molar-refractivity contribution < 1.29 is 14.4 Å². The highest BCUT2D eigenvalue weighted by atomic mass is 32.1. The molecule has 1 aromatic heterocycles. The molecule has 4 amide bonds. The number of aromatic amines is 1. The zero-order chi connectivity index (χ0) is 19.1. The molecule has 0 radical (unpaired) electrons. The van der Waals surface area contributed by atoms with Crippen LogP contribution in [0.15, 0.2) is 10.2 Å². The lowest BCUT2D eigenvalue weighted by molar-refractivity contribution is -0.140. The molecule has 10 heteroatoms. The van der Waals surface area contributed by atoms with Crippen molar-refractivity contribution in [3.8, 4) is 0 Å². The molecule has 4 N–H and O–H groups in total. The fourth-order valence-corrected chi connectivity index (χ4v) is 5.20. The standard InChI is InChI=1S/C17H23N5O4S/c18-16(25)21-5-10(6-21)15(24)22-7-9-2-1-3-13(22)11(9)4-19-14(23)12-8-27-17(26)20-12/h8-11,13H,1-7H2,(H2,18,25)(H,19,23)(H,20,26). The minimum absolute atomic E-state index is 0.0976. The van der Waals surface area contributed by atoms with Crippen molar-refractivity contribution in [2.24, 2.45) is 23.5 Å². The number of amides is 4. The minimum Gasteiger partial charge on any atom is -0.351 e. The molecular formula is C17H23N5O4S. The molecule has 1 saturated carbocycles. The molecule has 27 heavy (non-hydrogen) atoms. The first-order chi connectivity index (χ1) is 12.9. The topological polar surface area (TPSA) is 129 Å². The van der Waals surface area contributed by atoms with Crippen LogP contribution in [0.3, 0.4) is 0 Å². The smallest absolute Gasteiger partial charge is 0.314 e. The maximum Gasteiger partial charge on any atom is 0.314 e. The average Bonchev–Trinajstić information content (AvgIpc) is 3.09. The van der Waals surface area contributed by atoms with Gasteiger partial charge < -0.3 is 25.8 Å². The van der Waals surface area contributed by atoms with Gasteiger partial charge in [0.1, 0.15) is 5.69 Å². The minimum atomic E-state index is -0.480. The van der Waals surface area contributed by atoms with Crippen molar-refractivity contribution in [3.05, 3.63) is 20.7 Å². The number of likely N-dealkylation sites (tertiary alicyclic amines) is 2. The van der Waals surface area contributed by atoms with E-state index in [2.05, 4.69) is 10.3 Å². The number of carbonyl (C=O) groups is 3. The SMILES string of the molecule is NC(=O)N1CC(C(=O)N2CC3CCCC2C3CNC(=O)c2csc(=O)[nH]2)C1. The number of fused-ring (bicyclic) bond motifs is 2. The van der Waals surface area contributed by atoms with Crippen LogP contribution in [0.5, 0.6) is 0 Å². The summed E-state index contributed by atoms with van der Waals surface area (Å²) in [6, 6.07) is -0.355. The first-order valence-electron chi connectivity index (χ1n) is 9.25. The summed E-state index contributed by atoms with van der Waals surface area (Å²) in [5.41, 5.74) is 5.52. The number of carbonyl (C=O) groups excluding carboxylic acids is 3.